The maximum Gasteiger partial charge on any atom is 0.273 e. The number of ether oxygens (including phenoxy) is 1. The summed E-state index contributed by atoms with van der Waals surface area (Å²) >= 11 is 3.26. The van der Waals surface area contributed by atoms with Crippen LogP contribution in [0.25, 0.3) is 0 Å². The second-order valence-corrected chi connectivity index (χ2v) is 4.38. The van der Waals surface area contributed by atoms with Gasteiger partial charge < -0.3 is 9.15 Å². The number of rotatable bonds is 4. The van der Waals surface area contributed by atoms with E-state index in [1.807, 2.05) is 0 Å². The first-order valence-corrected chi connectivity index (χ1v) is 5.83. The van der Waals surface area contributed by atoms with E-state index in [2.05, 4.69) is 20.9 Å². The molecule has 1 heterocycles. The standard InChI is InChI=1S/C11H9BrN2O4/c1-7-5-13-11(18-7)6-17-10-4-8(14(15)16)2-3-9(10)12/h2-5H,6H2,1H3. The number of aromatic nitrogens is 1. The van der Waals surface area contributed by atoms with E-state index in [-0.39, 0.29) is 12.3 Å². The zero-order valence-electron chi connectivity index (χ0n) is 9.42. The van der Waals surface area contributed by atoms with Gasteiger partial charge in [0.1, 0.15) is 11.5 Å². The zero-order valence-corrected chi connectivity index (χ0v) is 11.0. The first-order chi connectivity index (χ1) is 8.56. The van der Waals surface area contributed by atoms with E-state index >= 15 is 0 Å². The van der Waals surface area contributed by atoms with Gasteiger partial charge in [-0.2, -0.15) is 0 Å². The van der Waals surface area contributed by atoms with E-state index in [0.717, 1.165) is 0 Å². The van der Waals surface area contributed by atoms with Crippen LogP contribution in [0.1, 0.15) is 11.7 Å². The highest BCUT2D eigenvalue weighted by molar-refractivity contribution is 9.10. The normalized spacial score (nSPS) is 10.3. The van der Waals surface area contributed by atoms with Gasteiger partial charge in [0.2, 0.25) is 5.89 Å². The van der Waals surface area contributed by atoms with Gasteiger partial charge in [0.25, 0.3) is 5.69 Å². The first kappa shape index (κ1) is 12.6. The van der Waals surface area contributed by atoms with Crippen LogP contribution in [0.2, 0.25) is 0 Å². The number of hydrogen-bond donors (Lipinski definition) is 0. The average Bonchev–Trinajstić information content (AvgIpc) is 2.74. The summed E-state index contributed by atoms with van der Waals surface area (Å²) in [7, 11) is 0. The molecule has 0 saturated carbocycles. The molecule has 0 amide bonds. The SMILES string of the molecule is Cc1cnc(COc2cc([N+](=O)[O-])ccc2Br)o1. The summed E-state index contributed by atoms with van der Waals surface area (Å²) in [5, 5.41) is 10.6. The van der Waals surface area contributed by atoms with Crippen molar-refractivity contribution >= 4 is 21.6 Å². The molecule has 0 aliphatic heterocycles. The molecule has 2 rings (SSSR count). The third kappa shape index (κ3) is 2.86. The van der Waals surface area contributed by atoms with Crippen LogP contribution in [0, 0.1) is 17.0 Å². The Morgan fingerprint density at radius 2 is 2.33 bits per heavy atom. The minimum Gasteiger partial charge on any atom is -0.482 e. The summed E-state index contributed by atoms with van der Waals surface area (Å²) in [6.45, 7) is 1.90. The van der Waals surface area contributed by atoms with Crippen LogP contribution in [0.3, 0.4) is 0 Å². The molecule has 6 nitrogen and oxygen atoms in total. The maximum absolute atomic E-state index is 10.6. The largest absolute Gasteiger partial charge is 0.482 e. The molecule has 1 aromatic heterocycles. The molecule has 0 atom stereocenters. The van der Waals surface area contributed by atoms with Crippen molar-refractivity contribution < 1.29 is 14.1 Å². The highest BCUT2D eigenvalue weighted by Gasteiger charge is 2.11. The lowest BCUT2D eigenvalue weighted by Crippen LogP contribution is -1.97. The number of hydrogen-bond acceptors (Lipinski definition) is 5. The van der Waals surface area contributed by atoms with Crippen LogP contribution in [0.15, 0.2) is 33.3 Å². The highest BCUT2D eigenvalue weighted by Crippen LogP contribution is 2.29. The van der Waals surface area contributed by atoms with E-state index in [1.54, 1.807) is 19.2 Å². The molecule has 0 unspecified atom stereocenters. The molecule has 94 valence electrons. The van der Waals surface area contributed by atoms with Crippen molar-refractivity contribution in [1.82, 2.24) is 4.98 Å². The van der Waals surface area contributed by atoms with Gasteiger partial charge in [0, 0.05) is 6.07 Å². The Bertz CT molecular complexity index is 582. The Labute approximate surface area is 111 Å². The maximum atomic E-state index is 10.6. The molecule has 0 N–H and O–H groups in total. The second-order valence-electron chi connectivity index (χ2n) is 3.53. The quantitative estimate of drug-likeness (QED) is 0.639. The fourth-order valence-corrected chi connectivity index (χ4v) is 1.68. The van der Waals surface area contributed by atoms with Crippen LogP contribution >= 0.6 is 15.9 Å². The van der Waals surface area contributed by atoms with Crippen LogP contribution in [-0.2, 0) is 6.61 Å². The van der Waals surface area contributed by atoms with Gasteiger partial charge in [-0.05, 0) is 28.9 Å². The van der Waals surface area contributed by atoms with Crippen molar-refractivity contribution in [2.45, 2.75) is 13.5 Å². The fourth-order valence-electron chi connectivity index (χ4n) is 1.32. The van der Waals surface area contributed by atoms with Gasteiger partial charge in [-0.25, -0.2) is 4.98 Å². The summed E-state index contributed by atoms with van der Waals surface area (Å²) in [6, 6.07) is 4.31. The Balaban J connectivity index is 2.13. The van der Waals surface area contributed by atoms with Gasteiger partial charge >= 0.3 is 0 Å². The van der Waals surface area contributed by atoms with Crippen molar-refractivity contribution in [2.75, 3.05) is 0 Å². The Morgan fingerprint density at radius 1 is 1.56 bits per heavy atom. The molecule has 7 heteroatoms. The van der Waals surface area contributed by atoms with Gasteiger partial charge in [-0.3, -0.25) is 10.1 Å². The summed E-state index contributed by atoms with van der Waals surface area (Å²) in [5.41, 5.74) is -0.0308. The molecule has 0 radical (unpaired) electrons. The molecule has 0 aliphatic carbocycles. The van der Waals surface area contributed by atoms with Crippen LogP contribution in [0.5, 0.6) is 5.75 Å². The van der Waals surface area contributed by atoms with Crippen molar-refractivity contribution in [2.24, 2.45) is 0 Å². The number of nitro groups is 1. The molecule has 1 aromatic carbocycles. The topological polar surface area (TPSA) is 78.4 Å². The average molecular weight is 313 g/mol. The van der Waals surface area contributed by atoms with Gasteiger partial charge in [0.15, 0.2) is 6.61 Å². The van der Waals surface area contributed by atoms with Crippen LogP contribution in [0.4, 0.5) is 5.69 Å². The third-order valence-corrected chi connectivity index (χ3v) is 2.80. The number of nitrogens with zero attached hydrogens (tertiary/aromatic N) is 2. The predicted octanol–water partition coefficient (Wildman–Crippen LogP) is 3.23. The minimum absolute atomic E-state index is 0.0308. The summed E-state index contributed by atoms with van der Waals surface area (Å²) < 4.78 is 11.3. The number of benzene rings is 1. The molecule has 0 fully saturated rings. The van der Waals surface area contributed by atoms with Crippen LogP contribution < -0.4 is 4.74 Å². The first-order valence-electron chi connectivity index (χ1n) is 5.04. The van der Waals surface area contributed by atoms with Gasteiger partial charge in [-0.1, -0.05) is 0 Å². The molecule has 18 heavy (non-hydrogen) atoms. The summed E-state index contributed by atoms with van der Waals surface area (Å²) in [4.78, 5) is 14.1. The van der Waals surface area contributed by atoms with Crippen molar-refractivity contribution in [1.29, 1.82) is 0 Å². The Kier molecular flexibility index (Phi) is 3.61. The summed E-state index contributed by atoms with van der Waals surface area (Å²) in [5.74, 6) is 1.48. The molecule has 0 saturated heterocycles. The predicted molar refractivity (Wildman–Crippen MR) is 66.4 cm³/mol. The Hall–Kier alpha value is -1.89. The van der Waals surface area contributed by atoms with Crippen molar-refractivity contribution in [3.63, 3.8) is 0 Å². The van der Waals surface area contributed by atoms with Gasteiger partial charge in [0.05, 0.1) is 21.7 Å². The molecule has 0 bridgehead atoms. The van der Waals surface area contributed by atoms with Crippen molar-refractivity contribution in [3.8, 4) is 5.75 Å². The third-order valence-electron chi connectivity index (χ3n) is 2.15. The lowest BCUT2D eigenvalue weighted by atomic mass is 10.3. The number of halogens is 1. The minimum atomic E-state index is -0.478. The Morgan fingerprint density at radius 3 is 2.94 bits per heavy atom. The molecular formula is C11H9BrN2O4. The molecule has 2 aromatic rings. The van der Waals surface area contributed by atoms with Crippen LogP contribution in [-0.4, -0.2) is 9.91 Å². The molecule has 0 spiro atoms. The number of aryl methyl sites for hydroxylation is 1. The van der Waals surface area contributed by atoms with E-state index < -0.39 is 4.92 Å². The zero-order chi connectivity index (χ0) is 13.1. The number of non-ortho nitro benzene ring substituents is 1. The fraction of sp³-hybridized carbons (Fsp3) is 0.182. The lowest BCUT2D eigenvalue weighted by Gasteiger charge is -2.05. The van der Waals surface area contributed by atoms with E-state index in [9.17, 15) is 10.1 Å². The highest BCUT2D eigenvalue weighted by atomic mass is 79.9. The van der Waals surface area contributed by atoms with Crippen molar-refractivity contribution in [3.05, 3.63) is 50.6 Å². The second kappa shape index (κ2) is 5.18. The van der Waals surface area contributed by atoms with E-state index in [4.69, 9.17) is 9.15 Å². The monoisotopic (exact) mass is 312 g/mol. The van der Waals surface area contributed by atoms with Gasteiger partial charge in [-0.15, -0.1) is 0 Å². The number of nitro benzene ring substituents is 1. The van der Waals surface area contributed by atoms with E-state index in [1.165, 1.54) is 12.1 Å². The smallest absolute Gasteiger partial charge is 0.273 e. The van der Waals surface area contributed by atoms with E-state index in [0.29, 0.717) is 21.9 Å². The number of oxazole rings is 1. The summed E-state index contributed by atoms with van der Waals surface area (Å²) in [6.07, 6.45) is 1.58. The molecule has 0 aliphatic rings. The molecular weight excluding hydrogens is 304 g/mol. The lowest BCUT2D eigenvalue weighted by molar-refractivity contribution is -0.385.